The Hall–Kier alpha value is -4.20. The second-order valence-electron chi connectivity index (χ2n) is 9.07. The summed E-state index contributed by atoms with van der Waals surface area (Å²) in [7, 11) is 0. The summed E-state index contributed by atoms with van der Waals surface area (Å²) in [4.78, 5) is 39.4. The van der Waals surface area contributed by atoms with Gasteiger partial charge in [0, 0.05) is 38.1 Å². The van der Waals surface area contributed by atoms with E-state index in [0.29, 0.717) is 49.7 Å². The van der Waals surface area contributed by atoms with Crippen LogP contribution < -0.4 is 15.8 Å². The maximum Gasteiger partial charge on any atom is 0.321 e. The molecule has 1 fully saturated rings. The van der Waals surface area contributed by atoms with Gasteiger partial charge in [0.25, 0.3) is 5.56 Å². The molecule has 1 saturated heterocycles. The highest BCUT2D eigenvalue weighted by Gasteiger charge is 2.25. The predicted octanol–water partition coefficient (Wildman–Crippen LogP) is 4.06. The molecule has 4 aromatic rings. The van der Waals surface area contributed by atoms with Crippen molar-refractivity contribution < 1.29 is 4.79 Å². The number of urea groups is 1. The first-order valence-corrected chi connectivity index (χ1v) is 12.3. The van der Waals surface area contributed by atoms with Crippen molar-refractivity contribution in [3.63, 3.8) is 0 Å². The number of carbonyl (C=O) groups is 1. The number of amides is 2. The molecular weight excluding hydrogens is 452 g/mol. The summed E-state index contributed by atoms with van der Waals surface area (Å²) in [5.41, 5.74) is 5.22. The normalized spacial score (nSPS) is 13.7. The average Bonchev–Trinajstić information content (AvgIpc) is 2.91. The summed E-state index contributed by atoms with van der Waals surface area (Å²) in [5, 5.41) is 3.04. The minimum Gasteiger partial charge on any atom is -0.348 e. The zero-order chi connectivity index (χ0) is 25.1. The first-order chi connectivity index (χ1) is 17.5. The number of rotatable bonds is 5. The fourth-order valence-electron chi connectivity index (χ4n) is 4.56. The van der Waals surface area contributed by atoms with Crippen LogP contribution >= 0.6 is 0 Å². The largest absolute Gasteiger partial charge is 0.348 e. The van der Waals surface area contributed by atoms with E-state index < -0.39 is 0 Å². The molecule has 5 rings (SSSR count). The molecule has 1 N–H and O–H groups in total. The summed E-state index contributed by atoms with van der Waals surface area (Å²) < 4.78 is 1.70. The number of piperazine rings is 1. The van der Waals surface area contributed by atoms with Crippen LogP contribution in [0.3, 0.4) is 0 Å². The molecule has 2 aromatic heterocycles. The standard InChI is InChI=1S/C28H30N6O2/c1-3-22-7-4-5-8-23(22)31-28(36)33-17-15-32(16-18-33)26-27(35)34(19-21-12-10-20(2)11-13-21)25-24(30-26)9-6-14-29-25/h4-14H,3,15-19H2,1-2H3,(H,31,36). The van der Waals surface area contributed by atoms with E-state index in [4.69, 9.17) is 0 Å². The quantitative estimate of drug-likeness (QED) is 0.464. The Balaban J connectivity index is 1.36. The van der Waals surface area contributed by atoms with E-state index in [0.717, 1.165) is 23.2 Å². The molecule has 0 bridgehead atoms. The SMILES string of the molecule is CCc1ccccc1NC(=O)N1CCN(c2nc3cccnc3n(Cc3ccc(C)cc3)c2=O)CC1. The highest BCUT2D eigenvalue weighted by Crippen LogP contribution is 2.19. The lowest BCUT2D eigenvalue weighted by Gasteiger charge is -2.35. The molecule has 0 spiro atoms. The van der Waals surface area contributed by atoms with Gasteiger partial charge in [-0.15, -0.1) is 0 Å². The molecule has 184 valence electrons. The summed E-state index contributed by atoms with van der Waals surface area (Å²) >= 11 is 0. The smallest absolute Gasteiger partial charge is 0.321 e. The maximum absolute atomic E-state index is 13.6. The van der Waals surface area contributed by atoms with Crippen molar-refractivity contribution in [3.8, 4) is 0 Å². The summed E-state index contributed by atoms with van der Waals surface area (Å²) in [6.45, 7) is 6.60. The molecule has 2 aromatic carbocycles. The molecule has 2 amide bonds. The van der Waals surface area contributed by atoms with Gasteiger partial charge in [0.1, 0.15) is 5.52 Å². The van der Waals surface area contributed by atoms with Crippen molar-refractivity contribution in [2.45, 2.75) is 26.8 Å². The van der Waals surface area contributed by atoms with Crippen molar-refractivity contribution in [1.82, 2.24) is 19.4 Å². The zero-order valence-corrected chi connectivity index (χ0v) is 20.6. The highest BCUT2D eigenvalue weighted by molar-refractivity contribution is 5.90. The minimum atomic E-state index is -0.170. The van der Waals surface area contributed by atoms with Gasteiger partial charge >= 0.3 is 6.03 Å². The third kappa shape index (κ3) is 4.79. The van der Waals surface area contributed by atoms with Crippen LogP contribution in [0.2, 0.25) is 0 Å². The van der Waals surface area contributed by atoms with Gasteiger partial charge in [0.15, 0.2) is 11.5 Å². The predicted molar refractivity (Wildman–Crippen MR) is 143 cm³/mol. The van der Waals surface area contributed by atoms with Crippen LogP contribution in [-0.4, -0.2) is 51.6 Å². The van der Waals surface area contributed by atoms with E-state index in [1.165, 1.54) is 5.56 Å². The van der Waals surface area contributed by atoms with Crippen LogP contribution in [0.25, 0.3) is 11.2 Å². The third-order valence-corrected chi connectivity index (χ3v) is 6.65. The van der Waals surface area contributed by atoms with E-state index in [2.05, 4.69) is 22.2 Å². The second-order valence-corrected chi connectivity index (χ2v) is 9.07. The van der Waals surface area contributed by atoms with Gasteiger partial charge in [-0.05, 0) is 42.7 Å². The van der Waals surface area contributed by atoms with E-state index in [1.807, 2.05) is 72.5 Å². The van der Waals surface area contributed by atoms with Crippen molar-refractivity contribution >= 4 is 28.7 Å². The van der Waals surface area contributed by atoms with Crippen molar-refractivity contribution in [1.29, 1.82) is 0 Å². The Kier molecular flexibility index (Phi) is 6.66. The number of hydrogen-bond donors (Lipinski definition) is 1. The van der Waals surface area contributed by atoms with Crippen LogP contribution in [0.15, 0.2) is 71.7 Å². The molecule has 36 heavy (non-hydrogen) atoms. The molecule has 0 unspecified atom stereocenters. The number of para-hydroxylation sites is 1. The van der Waals surface area contributed by atoms with Gasteiger partial charge in [0.05, 0.1) is 6.54 Å². The van der Waals surface area contributed by atoms with Gasteiger partial charge < -0.3 is 15.1 Å². The number of nitrogens with zero attached hydrogens (tertiary/aromatic N) is 5. The number of pyridine rings is 1. The first-order valence-electron chi connectivity index (χ1n) is 12.3. The number of aromatic nitrogens is 3. The van der Waals surface area contributed by atoms with Crippen LogP contribution in [0, 0.1) is 6.92 Å². The van der Waals surface area contributed by atoms with E-state index in [1.54, 1.807) is 15.7 Å². The molecule has 0 saturated carbocycles. The van der Waals surface area contributed by atoms with Gasteiger partial charge in [-0.1, -0.05) is 55.0 Å². The summed E-state index contributed by atoms with van der Waals surface area (Å²) in [5.74, 6) is 0.402. The van der Waals surface area contributed by atoms with E-state index >= 15 is 0 Å². The van der Waals surface area contributed by atoms with Crippen LogP contribution in [0.4, 0.5) is 16.3 Å². The maximum atomic E-state index is 13.6. The molecule has 1 aliphatic heterocycles. The Bertz CT molecular complexity index is 1440. The molecule has 8 heteroatoms. The van der Waals surface area contributed by atoms with Crippen molar-refractivity contribution in [2.24, 2.45) is 0 Å². The molecule has 1 aliphatic rings. The van der Waals surface area contributed by atoms with Crippen LogP contribution in [0.1, 0.15) is 23.6 Å². The zero-order valence-electron chi connectivity index (χ0n) is 20.6. The number of hydrogen-bond acceptors (Lipinski definition) is 5. The first kappa shape index (κ1) is 23.5. The average molecular weight is 483 g/mol. The topological polar surface area (TPSA) is 83.4 Å². The molecule has 3 heterocycles. The van der Waals surface area contributed by atoms with Crippen molar-refractivity contribution in [2.75, 3.05) is 36.4 Å². The van der Waals surface area contributed by atoms with E-state index in [-0.39, 0.29) is 11.6 Å². The number of aryl methyl sites for hydroxylation is 2. The molecular formula is C28H30N6O2. The summed E-state index contributed by atoms with van der Waals surface area (Å²) in [6.07, 6.45) is 2.53. The molecule has 8 nitrogen and oxygen atoms in total. The molecule has 0 radical (unpaired) electrons. The van der Waals surface area contributed by atoms with Crippen molar-refractivity contribution in [3.05, 3.63) is 93.9 Å². The summed E-state index contributed by atoms with van der Waals surface area (Å²) in [6, 6.07) is 19.6. The lowest BCUT2D eigenvalue weighted by Crippen LogP contribution is -2.51. The number of carbonyl (C=O) groups excluding carboxylic acids is 1. The van der Waals surface area contributed by atoms with E-state index in [9.17, 15) is 9.59 Å². The fourth-order valence-corrected chi connectivity index (χ4v) is 4.56. The lowest BCUT2D eigenvalue weighted by molar-refractivity contribution is 0.208. The Morgan fingerprint density at radius 3 is 2.47 bits per heavy atom. The number of nitrogens with one attached hydrogen (secondary N) is 1. The fraction of sp³-hybridized carbons (Fsp3) is 0.286. The number of benzene rings is 2. The minimum absolute atomic E-state index is 0.122. The number of fused-ring (bicyclic) bond motifs is 1. The van der Waals surface area contributed by atoms with Gasteiger partial charge in [-0.2, -0.15) is 0 Å². The molecule has 0 aliphatic carbocycles. The van der Waals surface area contributed by atoms with Crippen LogP contribution in [-0.2, 0) is 13.0 Å². The highest BCUT2D eigenvalue weighted by atomic mass is 16.2. The Morgan fingerprint density at radius 1 is 0.972 bits per heavy atom. The Morgan fingerprint density at radius 2 is 1.72 bits per heavy atom. The van der Waals surface area contributed by atoms with Gasteiger partial charge in [-0.3, -0.25) is 9.36 Å². The van der Waals surface area contributed by atoms with Gasteiger partial charge in [-0.25, -0.2) is 14.8 Å². The molecule has 0 atom stereocenters. The second kappa shape index (κ2) is 10.2. The monoisotopic (exact) mass is 482 g/mol. The third-order valence-electron chi connectivity index (χ3n) is 6.65. The lowest BCUT2D eigenvalue weighted by atomic mass is 10.1. The van der Waals surface area contributed by atoms with Crippen LogP contribution in [0.5, 0.6) is 0 Å². The Labute approximate surface area is 210 Å². The number of anilines is 2. The van der Waals surface area contributed by atoms with Gasteiger partial charge in [0.2, 0.25) is 0 Å².